The highest BCUT2D eigenvalue weighted by atomic mass is 19.4. The number of hydrogen-bond acceptors (Lipinski definition) is 2. The molecule has 0 saturated heterocycles. The van der Waals surface area contributed by atoms with E-state index in [9.17, 15) is 13.2 Å². The van der Waals surface area contributed by atoms with Crippen LogP contribution in [-0.4, -0.2) is 9.97 Å². The molecule has 0 unspecified atom stereocenters. The molecule has 17 heavy (non-hydrogen) atoms. The van der Waals surface area contributed by atoms with Crippen LogP contribution in [-0.2, 0) is 12.6 Å². The van der Waals surface area contributed by atoms with Crippen LogP contribution in [0.2, 0.25) is 0 Å². The molecule has 2 nitrogen and oxygen atoms in total. The van der Waals surface area contributed by atoms with Crippen molar-refractivity contribution < 1.29 is 13.2 Å². The van der Waals surface area contributed by atoms with Crippen molar-refractivity contribution >= 4 is 0 Å². The number of aromatic nitrogens is 2. The Morgan fingerprint density at radius 2 is 1.94 bits per heavy atom. The van der Waals surface area contributed by atoms with E-state index in [-0.39, 0.29) is 0 Å². The SMILES string of the molecule is FC(F)(F)c1ccc2c(c1)-c1ncncc1C2. The molecule has 1 aliphatic rings. The maximum atomic E-state index is 12.6. The zero-order valence-corrected chi connectivity index (χ0v) is 8.62. The van der Waals surface area contributed by atoms with Crippen LogP contribution in [0.4, 0.5) is 13.2 Å². The lowest BCUT2D eigenvalue weighted by Gasteiger charge is -2.08. The lowest BCUT2D eigenvalue weighted by Crippen LogP contribution is -2.04. The molecule has 1 heterocycles. The summed E-state index contributed by atoms with van der Waals surface area (Å²) in [5.41, 5.74) is 2.29. The van der Waals surface area contributed by atoms with E-state index in [1.54, 1.807) is 6.20 Å². The predicted molar refractivity (Wildman–Crippen MR) is 55.3 cm³/mol. The first-order chi connectivity index (χ1) is 8.05. The average molecular weight is 236 g/mol. The number of benzene rings is 1. The van der Waals surface area contributed by atoms with Crippen molar-refractivity contribution in [2.24, 2.45) is 0 Å². The largest absolute Gasteiger partial charge is 0.416 e. The van der Waals surface area contributed by atoms with E-state index < -0.39 is 11.7 Å². The highest BCUT2D eigenvalue weighted by molar-refractivity contribution is 5.73. The minimum atomic E-state index is -4.31. The normalized spacial score (nSPS) is 13.4. The van der Waals surface area contributed by atoms with Gasteiger partial charge in [-0.2, -0.15) is 13.2 Å². The van der Waals surface area contributed by atoms with E-state index in [1.807, 2.05) is 0 Å². The number of nitrogens with zero attached hydrogens (tertiary/aromatic N) is 2. The zero-order chi connectivity index (χ0) is 12.0. The maximum absolute atomic E-state index is 12.6. The van der Waals surface area contributed by atoms with E-state index in [2.05, 4.69) is 9.97 Å². The van der Waals surface area contributed by atoms with Gasteiger partial charge in [0.1, 0.15) is 6.33 Å². The molecule has 0 bridgehead atoms. The van der Waals surface area contributed by atoms with Crippen molar-refractivity contribution in [1.29, 1.82) is 0 Å². The number of hydrogen-bond donors (Lipinski definition) is 0. The van der Waals surface area contributed by atoms with Gasteiger partial charge in [-0.25, -0.2) is 9.97 Å². The summed E-state index contributed by atoms with van der Waals surface area (Å²) in [6.07, 6.45) is -0.710. The van der Waals surface area contributed by atoms with Crippen LogP contribution in [0.15, 0.2) is 30.7 Å². The summed E-state index contributed by atoms with van der Waals surface area (Å²) >= 11 is 0. The Bertz CT molecular complexity index is 591. The second kappa shape index (κ2) is 3.29. The van der Waals surface area contributed by atoms with Gasteiger partial charge in [-0.3, -0.25) is 0 Å². The van der Waals surface area contributed by atoms with Crippen LogP contribution in [0, 0.1) is 0 Å². The van der Waals surface area contributed by atoms with E-state index in [0.29, 0.717) is 17.7 Å². The summed E-state index contributed by atoms with van der Waals surface area (Å²) in [7, 11) is 0. The third-order valence-corrected chi connectivity index (χ3v) is 2.86. The third-order valence-electron chi connectivity index (χ3n) is 2.86. The minimum Gasteiger partial charge on any atom is -0.244 e. The van der Waals surface area contributed by atoms with Crippen LogP contribution >= 0.6 is 0 Å². The molecule has 86 valence electrons. The Morgan fingerprint density at radius 1 is 1.12 bits per heavy atom. The van der Waals surface area contributed by atoms with Crippen molar-refractivity contribution in [3.05, 3.63) is 47.4 Å². The molecular weight excluding hydrogens is 229 g/mol. The topological polar surface area (TPSA) is 25.8 Å². The lowest BCUT2D eigenvalue weighted by molar-refractivity contribution is -0.137. The lowest BCUT2D eigenvalue weighted by atomic mass is 10.1. The predicted octanol–water partition coefficient (Wildman–Crippen LogP) is 3.07. The fourth-order valence-electron chi connectivity index (χ4n) is 2.06. The molecule has 5 heteroatoms. The van der Waals surface area contributed by atoms with Crippen LogP contribution in [0.25, 0.3) is 11.3 Å². The molecule has 0 aliphatic heterocycles. The van der Waals surface area contributed by atoms with Gasteiger partial charge in [-0.05, 0) is 17.7 Å². The Hall–Kier alpha value is -1.91. The molecule has 3 rings (SSSR count). The van der Waals surface area contributed by atoms with Crippen molar-refractivity contribution in [3.8, 4) is 11.3 Å². The molecule has 1 aromatic carbocycles. The second-order valence-electron chi connectivity index (χ2n) is 3.94. The van der Waals surface area contributed by atoms with E-state index in [1.165, 1.54) is 12.4 Å². The Balaban J connectivity index is 2.18. The molecule has 0 atom stereocenters. The molecule has 1 aromatic heterocycles. The Labute approximate surface area is 95.1 Å². The molecule has 1 aliphatic carbocycles. The summed E-state index contributed by atoms with van der Waals surface area (Å²) < 4.78 is 37.8. The van der Waals surface area contributed by atoms with Gasteiger partial charge in [-0.1, -0.05) is 6.07 Å². The Morgan fingerprint density at radius 3 is 2.71 bits per heavy atom. The summed E-state index contributed by atoms with van der Waals surface area (Å²) in [6, 6.07) is 3.78. The van der Waals surface area contributed by atoms with Gasteiger partial charge in [0, 0.05) is 23.7 Å². The minimum absolute atomic E-state index is 0.567. The molecule has 2 aromatic rings. The fourth-order valence-corrected chi connectivity index (χ4v) is 2.06. The standard InChI is InChI=1S/C12H7F3N2/c13-12(14,15)9-2-1-7-3-8-5-16-6-17-11(8)10(7)4-9/h1-2,4-6H,3H2. The van der Waals surface area contributed by atoms with Gasteiger partial charge in [0.15, 0.2) is 0 Å². The number of rotatable bonds is 0. The molecule has 0 radical (unpaired) electrons. The van der Waals surface area contributed by atoms with Crippen LogP contribution in [0.5, 0.6) is 0 Å². The summed E-state index contributed by atoms with van der Waals surface area (Å²) in [4.78, 5) is 7.92. The van der Waals surface area contributed by atoms with Crippen LogP contribution < -0.4 is 0 Å². The molecular formula is C12H7F3N2. The van der Waals surface area contributed by atoms with E-state index >= 15 is 0 Å². The first kappa shape index (κ1) is 10.3. The average Bonchev–Trinajstić information content (AvgIpc) is 2.65. The molecule has 0 saturated carbocycles. The smallest absolute Gasteiger partial charge is 0.244 e. The molecule has 0 N–H and O–H groups in total. The van der Waals surface area contributed by atoms with Gasteiger partial charge in [-0.15, -0.1) is 0 Å². The van der Waals surface area contributed by atoms with E-state index in [0.717, 1.165) is 23.3 Å². The highest BCUT2D eigenvalue weighted by Crippen LogP contribution is 2.38. The fraction of sp³-hybridized carbons (Fsp3) is 0.167. The van der Waals surface area contributed by atoms with Crippen molar-refractivity contribution in [1.82, 2.24) is 9.97 Å². The quantitative estimate of drug-likeness (QED) is 0.599. The van der Waals surface area contributed by atoms with Crippen molar-refractivity contribution in [2.45, 2.75) is 12.6 Å². The summed E-state index contributed by atoms with van der Waals surface area (Å²) in [5.74, 6) is 0. The van der Waals surface area contributed by atoms with Crippen LogP contribution in [0.1, 0.15) is 16.7 Å². The van der Waals surface area contributed by atoms with Gasteiger partial charge in [0.05, 0.1) is 11.3 Å². The van der Waals surface area contributed by atoms with E-state index in [4.69, 9.17) is 0 Å². The third kappa shape index (κ3) is 1.58. The molecule has 0 spiro atoms. The number of halogens is 3. The Kier molecular flexibility index (Phi) is 1.98. The van der Waals surface area contributed by atoms with Crippen LogP contribution in [0.3, 0.4) is 0 Å². The van der Waals surface area contributed by atoms with Gasteiger partial charge in [0.25, 0.3) is 0 Å². The van der Waals surface area contributed by atoms with Gasteiger partial charge in [0.2, 0.25) is 0 Å². The molecule has 0 amide bonds. The van der Waals surface area contributed by atoms with Gasteiger partial charge < -0.3 is 0 Å². The highest BCUT2D eigenvalue weighted by Gasteiger charge is 2.32. The number of alkyl halides is 3. The number of fused-ring (bicyclic) bond motifs is 3. The summed E-state index contributed by atoms with van der Waals surface area (Å²) in [6.45, 7) is 0. The summed E-state index contributed by atoms with van der Waals surface area (Å²) in [5, 5.41) is 0. The van der Waals surface area contributed by atoms with Crippen molar-refractivity contribution in [3.63, 3.8) is 0 Å². The van der Waals surface area contributed by atoms with Gasteiger partial charge >= 0.3 is 6.18 Å². The molecule has 0 fully saturated rings. The zero-order valence-electron chi connectivity index (χ0n) is 8.62. The first-order valence-electron chi connectivity index (χ1n) is 5.05. The monoisotopic (exact) mass is 236 g/mol. The maximum Gasteiger partial charge on any atom is 0.416 e. The van der Waals surface area contributed by atoms with Crippen molar-refractivity contribution in [2.75, 3.05) is 0 Å². The second-order valence-corrected chi connectivity index (χ2v) is 3.94. The first-order valence-corrected chi connectivity index (χ1v) is 5.05.